The lowest BCUT2D eigenvalue weighted by atomic mass is 10.1. The van der Waals surface area contributed by atoms with Crippen molar-refractivity contribution < 1.29 is 18.0 Å². The van der Waals surface area contributed by atoms with Crippen LogP contribution in [0.15, 0.2) is 36.4 Å². The van der Waals surface area contributed by atoms with Crippen LogP contribution in [0.3, 0.4) is 0 Å². The first-order valence-electron chi connectivity index (χ1n) is 6.20. The van der Waals surface area contributed by atoms with Crippen LogP contribution < -0.4 is 11.1 Å². The molecule has 6 heteroatoms. The van der Waals surface area contributed by atoms with Crippen molar-refractivity contribution in [3.8, 4) is 0 Å². The Hall–Kier alpha value is -2.50. The molecule has 0 saturated heterocycles. The molecule has 21 heavy (non-hydrogen) atoms. The summed E-state index contributed by atoms with van der Waals surface area (Å²) in [5, 5.41) is 2.64. The minimum atomic E-state index is -0.830. The summed E-state index contributed by atoms with van der Waals surface area (Å²) in [5.41, 5.74) is 4.95. The van der Waals surface area contributed by atoms with Crippen molar-refractivity contribution in [1.82, 2.24) is 0 Å². The second kappa shape index (κ2) is 5.87. The molecule has 3 N–H and O–H groups in total. The highest BCUT2D eigenvalue weighted by molar-refractivity contribution is 5.93. The van der Waals surface area contributed by atoms with E-state index in [1.807, 2.05) is 0 Å². The third-order valence-electron chi connectivity index (χ3n) is 3.06. The standard InChI is InChI=1S/C15H13F3N2O/c1-8(14-11(17)3-2-4-12(14)18)20-13-7-9(15(19)21)5-6-10(13)16/h2-8,20H,1H3,(H2,19,21). The van der Waals surface area contributed by atoms with Gasteiger partial charge >= 0.3 is 0 Å². The summed E-state index contributed by atoms with van der Waals surface area (Å²) in [7, 11) is 0. The second-order valence-corrected chi connectivity index (χ2v) is 4.56. The summed E-state index contributed by atoms with van der Waals surface area (Å²) in [6.07, 6.45) is 0. The Morgan fingerprint density at radius 1 is 1.10 bits per heavy atom. The Balaban J connectivity index is 2.33. The molecule has 0 radical (unpaired) electrons. The average Bonchev–Trinajstić information content (AvgIpc) is 2.40. The molecule has 1 unspecified atom stereocenters. The maximum absolute atomic E-state index is 13.7. The summed E-state index contributed by atoms with van der Waals surface area (Å²) in [4.78, 5) is 11.1. The largest absolute Gasteiger partial charge is 0.376 e. The maximum Gasteiger partial charge on any atom is 0.248 e. The molecule has 2 aromatic rings. The molecule has 1 amide bonds. The number of carbonyl (C=O) groups is 1. The number of hydrogen-bond donors (Lipinski definition) is 2. The van der Waals surface area contributed by atoms with Crippen LogP contribution in [0.4, 0.5) is 18.9 Å². The monoisotopic (exact) mass is 294 g/mol. The van der Waals surface area contributed by atoms with Crippen molar-refractivity contribution in [3.63, 3.8) is 0 Å². The molecular formula is C15H13F3N2O. The van der Waals surface area contributed by atoms with Gasteiger partial charge in [0.25, 0.3) is 0 Å². The van der Waals surface area contributed by atoms with E-state index in [1.165, 1.54) is 25.1 Å². The van der Waals surface area contributed by atoms with Crippen molar-refractivity contribution in [2.24, 2.45) is 5.73 Å². The molecule has 0 aliphatic heterocycles. The second-order valence-electron chi connectivity index (χ2n) is 4.56. The Kier molecular flexibility index (Phi) is 4.16. The lowest BCUT2D eigenvalue weighted by molar-refractivity contribution is 0.100. The van der Waals surface area contributed by atoms with Crippen LogP contribution in [0.1, 0.15) is 28.9 Å². The van der Waals surface area contributed by atoms with Gasteiger partial charge in [-0.3, -0.25) is 4.79 Å². The minimum Gasteiger partial charge on any atom is -0.376 e. The first kappa shape index (κ1) is 14.9. The molecule has 3 nitrogen and oxygen atoms in total. The van der Waals surface area contributed by atoms with E-state index in [0.29, 0.717) is 0 Å². The van der Waals surface area contributed by atoms with Crippen LogP contribution in [-0.2, 0) is 0 Å². The number of halogens is 3. The number of hydrogen-bond acceptors (Lipinski definition) is 2. The smallest absolute Gasteiger partial charge is 0.248 e. The quantitative estimate of drug-likeness (QED) is 0.908. The van der Waals surface area contributed by atoms with Crippen LogP contribution >= 0.6 is 0 Å². The van der Waals surface area contributed by atoms with Crippen LogP contribution in [-0.4, -0.2) is 5.91 Å². The van der Waals surface area contributed by atoms with Gasteiger partial charge in [0.05, 0.1) is 11.7 Å². The fourth-order valence-electron chi connectivity index (χ4n) is 2.02. The number of nitrogens with two attached hydrogens (primary N) is 1. The van der Waals surface area contributed by atoms with Gasteiger partial charge in [-0.15, -0.1) is 0 Å². The van der Waals surface area contributed by atoms with E-state index in [0.717, 1.165) is 18.2 Å². The van der Waals surface area contributed by atoms with Crippen LogP contribution in [0.5, 0.6) is 0 Å². The van der Waals surface area contributed by atoms with E-state index in [-0.39, 0.29) is 16.8 Å². The zero-order valence-electron chi connectivity index (χ0n) is 11.2. The molecule has 0 fully saturated rings. The predicted octanol–water partition coefficient (Wildman–Crippen LogP) is 3.38. The Morgan fingerprint density at radius 2 is 1.71 bits per heavy atom. The molecule has 1 atom stereocenters. The summed E-state index contributed by atoms with van der Waals surface area (Å²) in [5.74, 6) is -2.84. The van der Waals surface area contributed by atoms with Gasteiger partial charge in [-0.05, 0) is 37.3 Å². The number of primary amides is 1. The van der Waals surface area contributed by atoms with Crippen LogP contribution in [0.25, 0.3) is 0 Å². The fraction of sp³-hybridized carbons (Fsp3) is 0.133. The zero-order valence-corrected chi connectivity index (χ0v) is 11.2. The summed E-state index contributed by atoms with van der Waals surface area (Å²) in [6, 6.07) is 6.15. The molecule has 0 aliphatic rings. The zero-order chi connectivity index (χ0) is 15.6. The van der Waals surface area contributed by atoms with E-state index in [9.17, 15) is 18.0 Å². The number of rotatable bonds is 4. The molecular weight excluding hydrogens is 281 g/mol. The van der Waals surface area contributed by atoms with E-state index in [2.05, 4.69) is 5.32 Å². The van der Waals surface area contributed by atoms with E-state index in [1.54, 1.807) is 0 Å². The lowest BCUT2D eigenvalue weighted by Crippen LogP contribution is -2.14. The minimum absolute atomic E-state index is 0.0542. The summed E-state index contributed by atoms with van der Waals surface area (Å²) in [6.45, 7) is 1.48. The number of carbonyl (C=O) groups excluding carboxylic acids is 1. The van der Waals surface area contributed by atoms with Gasteiger partial charge in [-0.1, -0.05) is 6.07 Å². The predicted molar refractivity (Wildman–Crippen MR) is 73.3 cm³/mol. The molecule has 0 aromatic heterocycles. The molecule has 2 rings (SSSR count). The van der Waals surface area contributed by atoms with Gasteiger partial charge in [0, 0.05) is 11.1 Å². The van der Waals surface area contributed by atoms with Crippen LogP contribution in [0.2, 0.25) is 0 Å². The van der Waals surface area contributed by atoms with E-state index < -0.39 is 29.4 Å². The average molecular weight is 294 g/mol. The molecule has 0 heterocycles. The number of amides is 1. The highest BCUT2D eigenvalue weighted by Gasteiger charge is 2.17. The highest BCUT2D eigenvalue weighted by atomic mass is 19.1. The Labute approximate surface area is 119 Å². The van der Waals surface area contributed by atoms with Crippen molar-refractivity contribution in [3.05, 3.63) is 65.0 Å². The van der Waals surface area contributed by atoms with Gasteiger partial charge in [0.2, 0.25) is 5.91 Å². The normalized spacial score (nSPS) is 12.0. The third-order valence-corrected chi connectivity index (χ3v) is 3.06. The van der Waals surface area contributed by atoms with Gasteiger partial charge < -0.3 is 11.1 Å². The van der Waals surface area contributed by atoms with Gasteiger partial charge in [0.15, 0.2) is 0 Å². The van der Waals surface area contributed by atoms with E-state index >= 15 is 0 Å². The molecule has 0 aliphatic carbocycles. The number of nitrogens with one attached hydrogen (secondary N) is 1. The Bertz CT molecular complexity index is 668. The lowest BCUT2D eigenvalue weighted by Gasteiger charge is -2.18. The van der Waals surface area contributed by atoms with Crippen molar-refractivity contribution in [1.29, 1.82) is 0 Å². The van der Waals surface area contributed by atoms with Gasteiger partial charge in [-0.25, -0.2) is 13.2 Å². The highest BCUT2D eigenvalue weighted by Crippen LogP contribution is 2.26. The first-order chi connectivity index (χ1) is 9.90. The SMILES string of the molecule is CC(Nc1cc(C(N)=O)ccc1F)c1c(F)cccc1F. The molecule has 0 spiro atoms. The summed E-state index contributed by atoms with van der Waals surface area (Å²) < 4.78 is 41.0. The number of benzene rings is 2. The topological polar surface area (TPSA) is 55.1 Å². The van der Waals surface area contributed by atoms with Crippen LogP contribution in [0, 0.1) is 17.5 Å². The fourth-order valence-corrected chi connectivity index (χ4v) is 2.02. The molecule has 110 valence electrons. The molecule has 0 bridgehead atoms. The number of anilines is 1. The summed E-state index contributed by atoms with van der Waals surface area (Å²) >= 11 is 0. The van der Waals surface area contributed by atoms with Crippen molar-refractivity contribution in [2.45, 2.75) is 13.0 Å². The van der Waals surface area contributed by atoms with Crippen molar-refractivity contribution in [2.75, 3.05) is 5.32 Å². The van der Waals surface area contributed by atoms with Gasteiger partial charge in [0.1, 0.15) is 17.5 Å². The van der Waals surface area contributed by atoms with Crippen molar-refractivity contribution >= 4 is 11.6 Å². The first-order valence-corrected chi connectivity index (χ1v) is 6.20. The maximum atomic E-state index is 13.7. The molecule has 2 aromatic carbocycles. The van der Waals surface area contributed by atoms with E-state index in [4.69, 9.17) is 5.73 Å². The van der Waals surface area contributed by atoms with Gasteiger partial charge in [-0.2, -0.15) is 0 Å². The molecule has 0 saturated carbocycles. The Morgan fingerprint density at radius 3 is 2.29 bits per heavy atom. The third kappa shape index (κ3) is 3.16.